The molecule has 1 saturated heterocycles. The number of rotatable bonds is 8. The number of benzene rings is 3. The molecule has 1 aliphatic heterocycles. The Bertz CT molecular complexity index is 1550. The van der Waals surface area contributed by atoms with Gasteiger partial charge in [-0.25, -0.2) is 9.18 Å². The van der Waals surface area contributed by atoms with Crippen LogP contribution in [0.2, 0.25) is 0 Å². The fraction of sp³-hybridized carbons (Fsp3) is 0.294. The Morgan fingerprint density at radius 1 is 0.930 bits per heavy atom. The summed E-state index contributed by atoms with van der Waals surface area (Å²) in [5, 5.41) is 2.97. The average Bonchev–Trinajstić information content (AvgIpc) is 3.26. The first-order valence-corrected chi connectivity index (χ1v) is 14.2. The van der Waals surface area contributed by atoms with E-state index in [4.69, 9.17) is 14.2 Å². The quantitative estimate of drug-likeness (QED) is 0.370. The van der Waals surface area contributed by atoms with Gasteiger partial charge in [-0.15, -0.1) is 0 Å². The molecule has 0 spiro atoms. The molecule has 2 amide bonds. The zero-order valence-electron chi connectivity index (χ0n) is 24.9. The van der Waals surface area contributed by atoms with E-state index in [1.165, 1.54) is 26.4 Å². The molecule has 3 aromatic carbocycles. The third-order valence-corrected chi connectivity index (χ3v) is 7.87. The molecule has 1 heterocycles. The van der Waals surface area contributed by atoms with Gasteiger partial charge in [0.25, 0.3) is 0 Å². The molecule has 3 aromatic rings. The van der Waals surface area contributed by atoms with Crippen molar-refractivity contribution in [2.45, 2.75) is 19.9 Å². The van der Waals surface area contributed by atoms with Crippen LogP contribution in [0.15, 0.2) is 66.2 Å². The predicted molar refractivity (Wildman–Crippen MR) is 164 cm³/mol. The molecule has 5 rings (SSSR count). The molecular weight excluding hydrogens is 549 g/mol. The van der Waals surface area contributed by atoms with Gasteiger partial charge in [-0.2, -0.15) is 0 Å². The van der Waals surface area contributed by atoms with E-state index in [2.05, 4.69) is 10.2 Å². The Balaban J connectivity index is 1.43. The third-order valence-electron chi connectivity index (χ3n) is 7.87. The summed E-state index contributed by atoms with van der Waals surface area (Å²) in [6, 6.07) is 17.8. The van der Waals surface area contributed by atoms with Crippen molar-refractivity contribution in [2.24, 2.45) is 0 Å². The molecule has 9 heteroatoms. The van der Waals surface area contributed by atoms with E-state index < -0.39 is 6.09 Å². The van der Waals surface area contributed by atoms with Crippen LogP contribution in [-0.2, 0) is 11.3 Å². The van der Waals surface area contributed by atoms with Crippen LogP contribution in [0, 0.1) is 5.82 Å². The molecule has 1 N–H and O–H groups in total. The van der Waals surface area contributed by atoms with Crippen molar-refractivity contribution in [2.75, 3.05) is 47.4 Å². The number of allylic oxidation sites excluding steroid dienone is 2. The number of fused-ring (bicyclic) bond motifs is 1. The van der Waals surface area contributed by atoms with Gasteiger partial charge in [-0.3, -0.25) is 4.79 Å². The van der Waals surface area contributed by atoms with Crippen molar-refractivity contribution in [3.8, 4) is 17.2 Å². The molecule has 1 fully saturated rings. The van der Waals surface area contributed by atoms with E-state index in [1.54, 1.807) is 23.1 Å². The van der Waals surface area contributed by atoms with E-state index in [1.807, 2.05) is 50.4 Å². The van der Waals surface area contributed by atoms with Gasteiger partial charge in [0.1, 0.15) is 5.82 Å². The fourth-order valence-corrected chi connectivity index (χ4v) is 5.39. The Morgan fingerprint density at radius 2 is 1.60 bits per heavy atom. The molecule has 0 aromatic heterocycles. The minimum absolute atomic E-state index is 0.111. The molecule has 0 radical (unpaired) electrons. The van der Waals surface area contributed by atoms with Gasteiger partial charge in [-0.05, 0) is 83.3 Å². The van der Waals surface area contributed by atoms with Crippen LogP contribution in [0.3, 0.4) is 0 Å². The maximum Gasteiger partial charge on any atom is 0.415 e. The number of nitrogens with zero attached hydrogens (tertiary/aromatic N) is 2. The minimum atomic E-state index is -0.462. The standard InChI is InChI=1S/C34H36FN3O5/c1-22-27(26-11-10-25(35)19-29(26)28(22)20-32(39)36-21-23-8-6-5-7-9-23)16-24-17-30(41-3)33(31(18-24)42-4)43-34(40)38-14-12-37(2)13-15-38/h5-11,16-19H,12-15,20-21H2,1-4H3,(H,36,39). The number of piperazine rings is 1. The number of likely N-dealkylation sites (N-methyl/N-ethyl adjacent to an activating group) is 1. The second-order valence-corrected chi connectivity index (χ2v) is 10.7. The van der Waals surface area contributed by atoms with Crippen molar-refractivity contribution in [1.82, 2.24) is 15.1 Å². The van der Waals surface area contributed by atoms with Crippen molar-refractivity contribution in [3.05, 3.63) is 94.3 Å². The Hall–Kier alpha value is -4.63. The van der Waals surface area contributed by atoms with E-state index in [0.717, 1.165) is 46.5 Å². The summed E-state index contributed by atoms with van der Waals surface area (Å²) < 4.78 is 31.4. The smallest absolute Gasteiger partial charge is 0.415 e. The minimum Gasteiger partial charge on any atom is -0.493 e. The first kappa shape index (κ1) is 29.8. The topological polar surface area (TPSA) is 80.3 Å². The molecule has 2 aliphatic rings. The van der Waals surface area contributed by atoms with E-state index in [-0.39, 0.29) is 23.9 Å². The van der Waals surface area contributed by atoms with Gasteiger partial charge in [0.2, 0.25) is 11.7 Å². The normalized spacial score (nSPS) is 15.8. The molecule has 8 nitrogen and oxygen atoms in total. The van der Waals surface area contributed by atoms with E-state index >= 15 is 0 Å². The number of carbonyl (C=O) groups is 2. The van der Waals surface area contributed by atoms with Crippen molar-refractivity contribution in [1.29, 1.82) is 0 Å². The van der Waals surface area contributed by atoms with Crippen LogP contribution in [0.4, 0.5) is 9.18 Å². The molecule has 43 heavy (non-hydrogen) atoms. The zero-order chi connectivity index (χ0) is 30.5. The Kier molecular flexibility index (Phi) is 9.11. The first-order chi connectivity index (χ1) is 20.8. The second-order valence-electron chi connectivity index (χ2n) is 10.7. The van der Waals surface area contributed by atoms with Crippen molar-refractivity contribution < 1.29 is 28.2 Å². The van der Waals surface area contributed by atoms with Crippen LogP contribution in [0.25, 0.3) is 17.2 Å². The summed E-state index contributed by atoms with van der Waals surface area (Å²) in [4.78, 5) is 29.7. The molecule has 224 valence electrons. The van der Waals surface area contributed by atoms with E-state index in [0.29, 0.717) is 36.7 Å². The lowest BCUT2D eigenvalue weighted by atomic mass is 10.00. The van der Waals surface area contributed by atoms with Crippen LogP contribution in [0.1, 0.15) is 35.6 Å². The highest BCUT2D eigenvalue weighted by atomic mass is 19.1. The summed E-state index contributed by atoms with van der Waals surface area (Å²) in [6.45, 7) is 5.03. The van der Waals surface area contributed by atoms with E-state index in [9.17, 15) is 14.0 Å². The Labute approximate surface area is 251 Å². The van der Waals surface area contributed by atoms with Crippen LogP contribution in [0.5, 0.6) is 17.2 Å². The monoisotopic (exact) mass is 585 g/mol. The number of hydrogen-bond donors (Lipinski definition) is 1. The lowest BCUT2D eigenvalue weighted by Gasteiger charge is -2.31. The van der Waals surface area contributed by atoms with Crippen molar-refractivity contribution >= 4 is 29.2 Å². The summed E-state index contributed by atoms with van der Waals surface area (Å²) in [5.41, 5.74) is 5.74. The summed E-state index contributed by atoms with van der Waals surface area (Å²) in [7, 11) is 5.02. The zero-order valence-corrected chi connectivity index (χ0v) is 24.9. The summed E-state index contributed by atoms with van der Waals surface area (Å²) >= 11 is 0. The number of nitrogens with one attached hydrogen (secondary N) is 1. The van der Waals surface area contributed by atoms with Gasteiger partial charge in [0.15, 0.2) is 11.5 Å². The highest BCUT2D eigenvalue weighted by molar-refractivity contribution is 6.08. The molecule has 0 atom stereocenters. The van der Waals surface area contributed by atoms with Gasteiger partial charge in [-0.1, -0.05) is 36.4 Å². The molecule has 0 saturated carbocycles. The van der Waals surface area contributed by atoms with Crippen LogP contribution >= 0.6 is 0 Å². The number of halogens is 1. The number of carbonyl (C=O) groups excluding carboxylic acids is 2. The van der Waals surface area contributed by atoms with Gasteiger partial charge < -0.3 is 29.3 Å². The Morgan fingerprint density at radius 3 is 2.26 bits per heavy atom. The number of amides is 2. The van der Waals surface area contributed by atoms with Gasteiger partial charge >= 0.3 is 6.09 Å². The van der Waals surface area contributed by atoms with Crippen molar-refractivity contribution in [3.63, 3.8) is 0 Å². The predicted octanol–water partition coefficient (Wildman–Crippen LogP) is 5.62. The SMILES string of the molecule is COc1cc(C=C2C(C)=C(CC(=O)NCc3ccccc3)c3cc(F)ccc32)cc(OC)c1OC(=O)N1CCN(C)CC1. The average molecular weight is 586 g/mol. The summed E-state index contributed by atoms with van der Waals surface area (Å²) in [6.07, 6.45) is 1.59. The van der Waals surface area contributed by atoms with Crippen LogP contribution in [-0.4, -0.2) is 69.2 Å². The molecule has 0 unspecified atom stereocenters. The lowest BCUT2D eigenvalue weighted by molar-refractivity contribution is -0.120. The first-order valence-electron chi connectivity index (χ1n) is 14.2. The lowest BCUT2D eigenvalue weighted by Crippen LogP contribution is -2.48. The van der Waals surface area contributed by atoms with Crippen LogP contribution < -0.4 is 19.5 Å². The van der Waals surface area contributed by atoms with Gasteiger partial charge in [0.05, 0.1) is 20.6 Å². The van der Waals surface area contributed by atoms with Gasteiger partial charge in [0, 0.05) is 32.7 Å². The maximum absolute atomic E-state index is 14.4. The molecule has 1 aliphatic carbocycles. The maximum atomic E-state index is 14.4. The largest absolute Gasteiger partial charge is 0.493 e. The number of ether oxygens (including phenoxy) is 3. The second kappa shape index (κ2) is 13.1. The summed E-state index contributed by atoms with van der Waals surface area (Å²) in [5.74, 6) is 0.365. The third kappa shape index (κ3) is 6.73. The molecular formula is C34H36FN3O5. The number of methoxy groups -OCH3 is 2. The highest BCUT2D eigenvalue weighted by Gasteiger charge is 2.27. The highest BCUT2D eigenvalue weighted by Crippen LogP contribution is 2.45. The fourth-order valence-electron chi connectivity index (χ4n) is 5.39. The molecule has 0 bridgehead atoms. The number of hydrogen-bond acceptors (Lipinski definition) is 6.